The molecule has 98 valence electrons. The highest BCUT2D eigenvalue weighted by atomic mass is 15.2. The van der Waals surface area contributed by atoms with E-state index in [1.165, 1.54) is 57.2 Å². The molecule has 0 atom stereocenters. The van der Waals surface area contributed by atoms with Gasteiger partial charge in [-0.1, -0.05) is 18.9 Å². The SMILES string of the molecule is c1cc(N2CCCCCC2)ncc1CNC1CC1. The van der Waals surface area contributed by atoms with Gasteiger partial charge in [-0.3, -0.25) is 0 Å². The monoisotopic (exact) mass is 245 g/mol. The van der Waals surface area contributed by atoms with E-state index < -0.39 is 0 Å². The van der Waals surface area contributed by atoms with Gasteiger partial charge in [-0.05, 0) is 37.3 Å². The summed E-state index contributed by atoms with van der Waals surface area (Å²) in [6.45, 7) is 3.32. The molecular weight excluding hydrogens is 222 g/mol. The van der Waals surface area contributed by atoms with E-state index in [4.69, 9.17) is 0 Å². The second-order valence-corrected chi connectivity index (χ2v) is 5.58. The molecule has 2 aliphatic rings. The second kappa shape index (κ2) is 5.70. The molecule has 1 N–H and O–H groups in total. The predicted molar refractivity (Wildman–Crippen MR) is 74.8 cm³/mol. The number of pyridine rings is 1. The quantitative estimate of drug-likeness (QED) is 0.884. The minimum atomic E-state index is 0.773. The average molecular weight is 245 g/mol. The van der Waals surface area contributed by atoms with Gasteiger partial charge in [0.15, 0.2) is 0 Å². The summed E-state index contributed by atoms with van der Waals surface area (Å²) in [6, 6.07) is 5.19. The van der Waals surface area contributed by atoms with Crippen LogP contribution < -0.4 is 10.2 Å². The maximum Gasteiger partial charge on any atom is 0.128 e. The summed E-state index contributed by atoms with van der Waals surface area (Å²) in [7, 11) is 0. The lowest BCUT2D eigenvalue weighted by Gasteiger charge is -2.21. The molecule has 18 heavy (non-hydrogen) atoms. The van der Waals surface area contributed by atoms with Gasteiger partial charge in [-0.15, -0.1) is 0 Å². The Morgan fingerprint density at radius 2 is 1.89 bits per heavy atom. The first-order valence-electron chi connectivity index (χ1n) is 7.35. The summed E-state index contributed by atoms with van der Waals surface area (Å²) >= 11 is 0. The van der Waals surface area contributed by atoms with Crippen LogP contribution in [0.1, 0.15) is 44.1 Å². The highest BCUT2D eigenvalue weighted by Crippen LogP contribution is 2.20. The molecule has 0 unspecified atom stereocenters. The van der Waals surface area contributed by atoms with Crippen molar-refractivity contribution in [3.05, 3.63) is 23.9 Å². The lowest BCUT2D eigenvalue weighted by molar-refractivity contribution is 0.685. The Morgan fingerprint density at radius 3 is 2.50 bits per heavy atom. The van der Waals surface area contributed by atoms with Crippen molar-refractivity contribution >= 4 is 5.82 Å². The van der Waals surface area contributed by atoms with Crippen LogP contribution in [-0.4, -0.2) is 24.1 Å². The number of anilines is 1. The van der Waals surface area contributed by atoms with Crippen molar-refractivity contribution in [2.45, 2.75) is 51.1 Å². The molecule has 1 aliphatic heterocycles. The zero-order valence-corrected chi connectivity index (χ0v) is 11.1. The van der Waals surface area contributed by atoms with Gasteiger partial charge in [0.05, 0.1) is 0 Å². The van der Waals surface area contributed by atoms with Gasteiger partial charge in [0.1, 0.15) is 5.82 Å². The molecule has 0 aromatic carbocycles. The Bertz CT molecular complexity index is 362. The van der Waals surface area contributed by atoms with Gasteiger partial charge in [0, 0.05) is 31.9 Å². The van der Waals surface area contributed by atoms with E-state index in [2.05, 4.69) is 27.3 Å². The lowest BCUT2D eigenvalue weighted by Crippen LogP contribution is -2.25. The van der Waals surface area contributed by atoms with Crippen LogP contribution in [0.3, 0.4) is 0 Å². The Morgan fingerprint density at radius 1 is 1.11 bits per heavy atom. The van der Waals surface area contributed by atoms with Crippen molar-refractivity contribution in [1.29, 1.82) is 0 Å². The van der Waals surface area contributed by atoms with E-state index in [-0.39, 0.29) is 0 Å². The van der Waals surface area contributed by atoms with E-state index in [1.807, 2.05) is 6.20 Å². The molecule has 0 amide bonds. The van der Waals surface area contributed by atoms with E-state index >= 15 is 0 Å². The van der Waals surface area contributed by atoms with Crippen molar-refractivity contribution < 1.29 is 0 Å². The Hall–Kier alpha value is -1.09. The predicted octanol–water partition coefficient (Wildman–Crippen LogP) is 2.71. The molecule has 2 fully saturated rings. The standard InChI is InChI=1S/C15H23N3/c1-2-4-10-18(9-3-1)15-8-5-13(12-17-15)11-16-14-6-7-14/h5,8,12,14,16H,1-4,6-7,9-11H2. The Kier molecular flexibility index (Phi) is 3.79. The molecule has 0 bridgehead atoms. The van der Waals surface area contributed by atoms with Gasteiger partial charge < -0.3 is 10.2 Å². The number of rotatable bonds is 4. The van der Waals surface area contributed by atoms with Gasteiger partial charge in [0.25, 0.3) is 0 Å². The molecule has 1 aromatic heterocycles. The zero-order valence-electron chi connectivity index (χ0n) is 11.1. The maximum absolute atomic E-state index is 4.63. The van der Waals surface area contributed by atoms with Gasteiger partial charge in [-0.2, -0.15) is 0 Å². The summed E-state index contributed by atoms with van der Waals surface area (Å²) in [5.74, 6) is 1.16. The topological polar surface area (TPSA) is 28.2 Å². The van der Waals surface area contributed by atoms with E-state index in [1.54, 1.807) is 0 Å². The molecule has 1 saturated carbocycles. The molecule has 2 heterocycles. The van der Waals surface area contributed by atoms with Crippen molar-refractivity contribution in [2.24, 2.45) is 0 Å². The van der Waals surface area contributed by atoms with Crippen molar-refractivity contribution in [1.82, 2.24) is 10.3 Å². The van der Waals surface area contributed by atoms with Crippen LogP contribution in [0, 0.1) is 0 Å². The third-order valence-corrected chi connectivity index (χ3v) is 3.91. The lowest BCUT2D eigenvalue weighted by atomic mass is 10.2. The molecule has 0 radical (unpaired) electrons. The zero-order chi connectivity index (χ0) is 12.2. The summed E-state index contributed by atoms with van der Waals surface area (Å²) < 4.78 is 0. The molecule has 1 aromatic rings. The van der Waals surface area contributed by atoms with E-state index in [0.717, 1.165) is 18.4 Å². The smallest absolute Gasteiger partial charge is 0.128 e. The number of aromatic nitrogens is 1. The third-order valence-electron chi connectivity index (χ3n) is 3.91. The first-order chi connectivity index (χ1) is 8.92. The fraction of sp³-hybridized carbons (Fsp3) is 0.667. The maximum atomic E-state index is 4.63. The first kappa shape index (κ1) is 12.0. The Labute approximate surface area is 110 Å². The number of nitrogens with zero attached hydrogens (tertiary/aromatic N) is 2. The van der Waals surface area contributed by atoms with E-state index in [9.17, 15) is 0 Å². The van der Waals surface area contributed by atoms with Crippen LogP contribution in [-0.2, 0) is 6.54 Å². The number of nitrogens with one attached hydrogen (secondary N) is 1. The molecule has 3 rings (SSSR count). The summed E-state index contributed by atoms with van der Waals surface area (Å²) in [6.07, 6.45) is 10.1. The van der Waals surface area contributed by atoms with Crippen molar-refractivity contribution in [3.63, 3.8) is 0 Å². The summed E-state index contributed by atoms with van der Waals surface area (Å²) in [4.78, 5) is 7.06. The first-order valence-corrected chi connectivity index (χ1v) is 7.35. The molecule has 0 spiro atoms. The minimum absolute atomic E-state index is 0.773. The Balaban J connectivity index is 1.58. The van der Waals surface area contributed by atoms with Gasteiger partial charge in [-0.25, -0.2) is 4.98 Å². The second-order valence-electron chi connectivity index (χ2n) is 5.58. The van der Waals surface area contributed by atoms with Crippen LogP contribution >= 0.6 is 0 Å². The van der Waals surface area contributed by atoms with Gasteiger partial charge in [0.2, 0.25) is 0 Å². The van der Waals surface area contributed by atoms with Crippen molar-refractivity contribution in [2.75, 3.05) is 18.0 Å². The summed E-state index contributed by atoms with van der Waals surface area (Å²) in [5.41, 5.74) is 1.31. The highest BCUT2D eigenvalue weighted by molar-refractivity contribution is 5.39. The molecule has 1 saturated heterocycles. The highest BCUT2D eigenvalue weighted by Gasteiger charge is 2.20. The third kappa shape index (κ3) is 3.22. The van der Waals surface area contributed by atoms with Crippen LogP contribution in [0.5, 0.6) is 0 Å². The minimum Gasteiger partial charge on any atom is -0.357 e. The largest absolute Gasteiger partial charge is 0.357 e. The average Bonchev–Trinajstić information content (AvgIpc) is 3.24. The summed E-state index contributed by atoms with van der Waals surface area (Å²) in [5, 5.41) is 3.53. The molecule has 3 heteroatoms. The number of hydrogen-bond donors (Lipinski definition) is 1. The molecule has 1 aliphatic carbocycles. The van der Waals surface area contributed by atoms with Crippen LogP contribution in [0.4, 0.5) is 5.82 Å². The van der Waals surface area contributed by atoms with Crippen LogP contribution in [0.15, 0.2) is 18.3 Å². The molecule has 3 nitrogen and oxygen atoms in total. The van der Waals surface area contributed by atoms with Crippen LogP contribution in [0.2, 0.25) is 0 Å². The van der Waals surface area contributed by atoms with Crippen LogP contribution in [0.25, 0.3) is 0 Å². The van der Waals surface area contributed by atoms with E-state index in [0.29, 0.717) is 0 Å². The fourth-order valence-corrected chi connectivity index (χ4v) is 2.56. The fourth-order valence-electron chi connectivity index (χ4n) is 2.56. The molecular formula is C15H23N3. The normalized spacial score (nSPS) is 20.8. The number of hydrogen-bond acceptors (Lipinski definition) is 3. The van der Waals surface area contributed by atoms with Gasteiger partial charge >= 0.3 is 0 Å². The van der Waals surface area contributed by atoms with Crippen molar-refractivity contribution in [3.8, 4) is 0 Å².